The van der Waals surface area contributed by atoms with Crippen molar-refractivity contribution in [2.24, 2.45) is 0 Å². The van der Waals surface area contributed by atoms with Crippen LogP contribution in [-0.2, 0) is 4.74 Å². The first-order chi connectivity index (χ1) is 9.00. The number of fused-ring (bicyclic) bond motifs is 2. The molecule has 1 N–H and O–H groups in total. The van der Waals surface area contributed by atoms with Crippen LogP contribution in [-0.4, -0.2) is 40.8 Å². The fourth-order valence-electron chi connectivity index (χ4n) is 2.95. The van der Waals surface area contributed by atoms with Crippen LogP contribution in [0.25, 0.3) is 0 Å². The molecule has 114 valence electrons. The highest BCUT2D eigenvalue weighted by molar-refractivity contribution is 5.71. The number of nitrogens with one attached hydrogen (secondary N) is 1. The Morgan fingerprint density at radius 1 is 1.40 bits per heavy atom. The van der Waals surface area contributed by atoms with E-state index in [-0.39, 0.29) is 19.4 Å². The lowest BCUT2D eigenvalue weighted by Gasteiger charge is -2.47. The number of nitrogens with zero attached hydrogens (tertiary/aromatic N) is 1. The number of ether oxygens (including phenoxy) is 1. The number of hydrogen-bond donors (Lipinski definition) is 1. The molecular formula is C14H22F2N2O2. The lowest BCUT2D eigenvalue weighted by Crippen LogP contribution is -2.70. The second-order valence-corrected chi connectivity index (χ2v) is 6.71. The molecule has 2 heterocycles. The van der Waals surface area contributed by atoms with Gasteiger partial charge in [-0.25, -0.2) is 18.5 Å². The van der Waals surface area contributed by atoms with Crippen LogP contribution in [0.4, 0.5) is 13.6 Å². The molecule has 2 aliphatic rings. The van der Waals surface area contributed by atoms with Crippen molar-refractivity contribution in [2.75, 3.05) is 6.54 Å². The number of hydrogen-bond acceptors (Lipinski definition) is 3. The number of carbonyl (C=O) groups excluding carboxylic acids is 1. The Morgan fingerprint density at radius 3 is 2.50 bits per heavy atom. The molecule has 0 aromatic carbocycles. The van der Waals surface area contributed by atoms with Gasteiger partial charge < -0.3 is 10.1 Å². The van der Waals surface area contributed by atoms with Gasteiger partial charge in [0.15, 0.2) is 0 Å². The van der Waals surface area contributed by atoms with Crippen molar-refractivity contribution in [3.05, 3.63) is 12.2 Å². The third kappa shape index (κ3) is 2.30. The Balaban J connectivity index is 2.34. The van der Waals surface area contributed by atoms with E-state index < -0.39 is 29.3 Å². The smallest absolute Gasteiger partial charge is 0.415 e. The van der Waals surface area contributed by atoms with E-state index in [1.165, 1.54) is 0 Å². The number of carbonyl (C=O) groups is 1. The molecule has 2 rings (SSSR count). The summed E-state index contributed by atoms with van der Waals surface area (Å²) in [5.41, 5.74) is -0.266. The number of piperazine rings is 1. The molecule has 3 atom stereocenters. The molecular weight excluding hydrogens is 266 g/mol. The summed E-state index contributed by atoms with van der Waals surface area (Å²) >= 11 is 0. The van der Waals surface area contributed by atoms with E-state index in [0.29, 0.717) is 10.5 Å². The van der Waals surface area contributed by atoms with Crippen molar-refractivity contribution in [2.45, 2.75) is 63.8 Å². The van der Waals surface area contributed by atoms with Crippen LogP contribution in [0.3, 0.4) is 0 Å². The zero-order chi connectivity index (χ0) is 15.3. The van der Waals surface area contributed by atoms with Gasteiger partial charge in [-0.05, 0) is 27.7 Å². The largest absolute Gasteiger partial charge is 0.444 e. The van der Waals surface area contributed by atoms with E-state index >= 15 is 4.39 Å². The predicted octanol–water partition coefficient (Wildman–Crippen LogP) is 2.90. The maximum absolute atomic E-state index is 15.3. The van der Waals surface area contributed by atoms with E-state index in [9.17, 15) is 9.18 Å². The van der Waals surface area contributed by atoms with Crippen LogP contribution >= 0.6 is 0 Å². The van der Waals surface area contributed by atoms with Crippen LogP contribution in [0.5, 0.6) is 0 Å². The molecule has 6 heteroatoms. The Hall–Kier alpha value is -1.17. The predicted molar refractivity (Wildman–Crippen MR) is 71.6 cm³/mol. The van der Waals surface area contributed by atoms with Crippen molar-refractivity contribution in [3.8, 4) is 0 Å². The Kier molecular flexibility index (Phi) is 3.36. The molecule has 0 aromatic heterocycles. The van der Waals surface area contributed by atoms with Crippen LogP contribution in [0, 0.1) is 0 Å². The third-order valence-electron chi connectivity index (χ3n) is 3.72. The highest BCUT2D eigenvalue weighted by Gasteiger charge is 2.66. The molecule has 0 saturated carbocycles. The molecule has 2 bridgehead atoms. The Labute approximate surface area is 118 Å². The van der Waals surface area contributed by atoms with Gasteiger partial charge in [-0.1, -0.05) is 12.2 Å². The lowest BCUT2D eigenvalue weighted by molar-refractivity contribution is -0.136. The van der Waals surface area contributed by atoms with Gasteiger partial charge >= 0.3 is 6.09 Å². The third-order valence-corrected chi connectivity index (χ3v) is 3.72. The van der Waals surface area contributed by atoms with Crippen molar-refractivity contribution in [3.63, 3.8) is 0 Å². The first-order valence-corrected chi connectivity index (χ1v) is 6.79. The number of halogens is 2. The van der Waals surface area contributed by atoms with Gasteiger partial charge in [0, 0.05) is 19.4 Å². The van der Waals surface area contributed by atoms with E-state index in [1.54, 1.807) is 27.7 Å². The van der Waals surface area contributed by atoms with Crippen molar-refractivity contribution >= 4 is 6.09 Å². The van der Waals surface area contributed by atoms with Gasteiger partial charge in [-0.15, -0.1) is 0 Å². The van der Waals surface area contributed by atoms with Crippen LogP contribution in [0.15, 0.2) is 12.2 Å². The molecule has 2 saturated heterocycles. The summed E-state index contributed by atoms with van der Waals surface area (Å²) in [6.45, 7) is 10.3. The monoisotopic (exact) mass is 288 g/mol. The van der Waals surface area contributed by atoms with Gasteiger partial charge in [0.05, 0.1) is 6.04 Å². The first kappa shape index (κ1) is 15.2. The van der Waals surface area contributed by atoms with Crippen LogP contribution in [0.1, 0.15) is 40.5 Å². The summed E-state index contributed by atoms with van der Waals surface area (Å²) in [6.07, 6.45) is -1.06. The molecule has 0 radical (unpaired) electrons. The molecule has 0 spiro atoms. The van der Waals surface area contributed by atoms with E-state index in [0.717, 1.165) is 0 Å². The first-order valence-electron chi connectivity index (χ1n) is 6.79. The van der Waals surface area contributed by atoms with Gasteiger partial charge in [-0.2, -0.15) is 0 Å². The topological polar surface area (TPSA) is 41.6 Å². The maximum Gasteiger partial charge on any atom is 0.415 e. The molecule has 0 aromatic rings. The minimum atomic E-state index is -2.12. The molecule has 2 fully saturated rings. The average Bonchev–Trinajstić information content (AvgIpc) is 2.41. The maximum atomic E-state index is 15.3. The van der Waals surface area contributed by atoms with E-state index in [4.69, 9.17) is 4.74 Å². The van der Waals surface area contributed by atoms with Crippen molar-refractivity contribution in [1.29, 1.82) is 0 Å². The average molecular weight is 288 g/mol. The quantitative estimate of drug-likeness (QED) is 0.596. The van der Waals surface area contributed by atoms with Gasteiger partial charge in [0.25, 0.3) is 0 Å². The summed E-state index contributed by atoms with van der Waals surface area (Å²) in [5.74, 6) is -4.16. The Morgan fingerprint density at radius 2 is 2.00 bits per heavy atom. The number of alkyl halides is 2. The minimum absolute atomic E-state index is 0.0421. The highest BCUT2D eigenvalue weighted by atomic mass is 19.2. The molecule has 20 heavy (non-hydrogen) atoms. The minimum Gasteiger partial charge on any atom is -0.444 e. The summed E-state index contributed by atoms with van der Waals surface area (Å²) in [4.78, 5) is 12.9. The number of rotatable bonds is 1. The molecule has 0 unspecified atom stereocenters. The number of amides is 1. The summed E-state index contributed by atoms with van der Waals surface area (Å²) in [5, 5.41) is 2.81. The van der Waals surface area contributed by atoms with Gasteiger partial charge in [-0.3, -0.25) is 0 Å². The molecule has 1 amide bonds. The van der Waals surface area contributed by atoms with Gasteiger partial charge in [0.1, 0.15) is 5.60 Å². The molecule has 4 nitrogen and oxygen atoms in total. The van der Waals surface area contributed by atoms with Crippen LogP contribution < -0.4 is 5.32 Å². The lowest BCUT2D eigenvalue weighted by atomic mass is 9.96. The second kappa shape index (κ2) is 4.41. The second-order valence-electron chi connectivity index (χ2n) is 6.71. The fourth-order valence-corrected chi connectivity index (χ4v) is 2.95. The van der Waals surface area contributed by atoms with Crippen molar-refractivity contribution in [1.82, 2.24) is 10.2 Å². The summed E-state index contributed by atoms with van der Waals surface area (Å²) in [7, 11) is 0. The summed E-state index contributed by atoms with van der Waals surface area (Å²) < 4.78 is 35.2. The molecule has 2 aliphatic heterocycles. The summed E-state index contributed by atoms with van der Waals surface area (Å²) in [6, 6.07) is -0.776. The highest BCUT2D eigenvalue weighted by Crippen LogP contribution is 2.49. The van der Waals surface area contributed by atoms with E-state index in [2.05, 4.69) is 11.9 Å². The standard InChI is InChI=1S/C14H22F2N2O2/c1-9(2)10-14(16)7-6-13(15,8-17-10)18(14)11(19)20-12(3,4)5/h10,17H,1,6-8H2,2-5H3/t10-,13+,14-/m0/s1. The zero-order valence-corrected chi connectivity index (χ0v) is 12.4. The van der Waals surface area contributed by atoms with Crippen LogP contribution in [0.2, 0.25) is 0 Å². The van der Waals surface area contributed by atoms with Gasteiger partial charge in [0.2, 0.25) is 11.6 Å². The molecule has 0 aliphatic carbocycles. The van der Waals surface area contributed by atoms with Crippen molar-refractivity contribution < 1.29 is 18.3 Å². The van der Waals surface area contributed by atoms with E-state index in [1.807, 2.05) is 0 Å². The fraction of sp³-hybridized carbons (Fsp3) is 0.786. The normalized spacial score (nSPS) is 36.9. The Bertz CT molecular complexity index is 449. The zero-order valence-electron chi connectivity index (χ0n) is 12.4. The SMILES string of the molecule is C=C(C)[C@@H]1NC[C@@]2(F)CC[C@]1(F)N2C(=O)OC(C)(C)C.